The van der Waals surface area contributed by atoms with Gasteiger partial charge in [-0.05, 0) is 11.6 Å². The Labute approximate surface area is 138 Å². The van der Waals surface area contributed by atoms with Crippen LogP contribution in [-0.2, 0) is 25.4 Å². The predicted octanol–water partition coefficient (Wildman–Crippen LogP) is 0.329. The van der Waals surface area contributed by atoms with Crippen LogP contribution in [0.25, 0.3) is 0 Å². The van der Waals surface area contributed by atoms with Crippen molar-refractivity contribution in [2.75, 3.05) is 13.1 Å². The molecule has 1 N–H and O–H groups in total. The zero-order valence-electron chi connectivity index (χ0n) is 12.5. The van der Waals surface area contributed by atoms with Crippen LogP contribution in [0.3, 0.4) is 0 Å². The zero-order valence-corrected chi connectivity index (χ0v) is 13.4. The van der Waals surface area contributed by atoms with E-state index in [0.29, 0.717) is 0 Å². The van der Waals surface area contributed by atoms with Crippen molar-refractivity contribution in [2.45, 2.75) is 12.2 Å². The highest BCUT2D eigenvalue weighted by molar-refractivity contribution is 7.88. The highest BCUT2D eigenvalue weighted by Gasteiger charge is 2.20. The normalized spacial score (nSPS) is 14.9. The zero-order chi connectivity index (χ0) is 17.7. The molecule has 1 aromatic rings. The van der Waals surface area contributed by atoms with Crippen molar-refractivity contribution in [3.8, 4) is 0 Å². The number of allylic oxidation sites excluding steroid dienone is 1. The Bertz CT molecular complexity index is 802. The lowest BCUT2D eigenvalue weighted by Gasteiger charge is -2.20. The number of sulfonamides is 1. The van der Waals surface area contributed by atoms with Crippen LogP contribution in [-0.4, -0.2) is 43.0 Å². The Kier molecular flexibility index (Phi) is 5.42. The molecule has 0 aromatic heterocycles. The number of hydrogen-bond acceptors (Lipinski definition) is 6. The summed E-state index contributed by atoms with van der Waals surface area (Å²) in [6.07, 6.45) is 2.36. The van der Waals surface area contributed by atoms with Crippen LogP contribution in [0.2, 0.25) is 0 Å². The summed E-state index contributed by atoms with van der Waals surface area (Å²) in [4.78, 5) is 34.0. The molecular formula is C14H15N3O6S. The standard InChI is InChI=1S/C14H15N3O6S/c18-13-4-6-16(14(19)9-13)7-5-15-24(22,23)10-11-2-1-3-12(8-11)17(20)21/h1-4,6,8,15H,5,7,9-10H2. The summed E-state index contributed by atoms with van der Waals surface area (Å²) >= 11 is 0. The number of benzene rings is 1. The van der Waals surface area contributed by atoms with Gasteiger partial charge in [-0.15, -0.1) is 0 Å². The molecule has 0 aliphatic carbocycles. The lowest BCUT2D eigenvalue weighted by molar-refractivity contribution is -0.384. The summed E-state index contributed by atoms with van der Waals surface area (Å²) in [7, 11) is -3.71. The van der Waals surface area contributed by atoms with Gasteiger partial charge in [-0.2, -0.15) is 0 Å². The van der Waals surface area contributed by atoms with Crippen LogP contribution in [0.4, 0.5) is 5.69 Å². The number of nitro benzene ring substituents is 1. The summed E-state index contributed by atoms with van der Waals surface area (Å²) in [5, 5.41) is 10.7. The van der Waals surface area contributed by atoms with E-state index in [9.17, 15) is 28.1 Å². The molecule has 0 saturated carbocycles. The smallest absolute Gasteiger partial charge is 0.269 e. The molecule has 9 nitrogen and oxygen atoms in total. The van der Waals surface area contributed by atoms with Gasteiger partial charge in [0.15, 0.2) is 5.78 Å². The molecule has 0 bridgehead atoms. The van der Waals surface area contributed by atoms with Crippen LogP contribution in [0.15, 0.2) is 36.5 Å². The molecule has 1 aliphatic heterocycles. The maximum Gasteiger partial charge on any atom is 0.269 e. The molecule has 0 fully saturated rings. The molecule has 2 rings (SSSR count). The number of rotatable bonds is 7. The van der Waals surface area contributed by atoms with E-state index in [0.717, 1.165) is 0 Å². The number of nitrogens with zero attached hydrogens (tertiary/aromatic N) is 2. The van der Waals surface area contributed by atoms with Crippen molar-refractivity contribution in [3.63, 3.8) is 0 Å². The van der Waals surface area contributed by atoms with Gasteiger partial charge < -0.3 is 4.90 Å². The van der Waals surface area contributed by atoms with Crippen molar-refractivity contribution >= 4 is 27.4 Å². The quantitative estimate of drug-likeness (QED) is 0.427. The fraction of sp³-hybridized carbons (Fsp3) is 0.286. The molecule has 128 valence electrons. The first kappa shape index (κ1) is 17.8. The molecular weight excluding hydrogens is 338 g/mol. The lowest BCUT2D eigenvalue weighted by Crippen LogP contribution is -2.38. The Morgan fingerprint density at radius 2 is 2.04 bits per heavy atom. The van der Waals surface area contributed by atoms with E-state index >= 15 is 0 Å². The SMILES string of the molecule is O=C1C=CN(CCNS(=O)(=O)Cc2cccc([N+](=O)[O-])c2)C(=O)C1. The molecule has 24 heavy (non-hydrogen) atoms. The van der Waals surface area contributed by atoms with Crippen LogP contribution >= 0.6 is 0 Å². The van der Waals surface area contributed by atoms with Gasteiger partial charge in [0.05, 0.1) is 17.1 Å². The lowest BCUT2D eigenvalue weighted by atomic mass is 10.2. The Balaban J connectivity index is 1.91. The van der Waals surface area contributed by atoms with E-state index in [-0.39, 0.29) is 42.5 Å². The minimum absolute atomic E-state index is 0.0263. The van der Waals surface area contributed by atoms with Crippen molar-refractivity contribution in [3.05, 3.63) is 52.2 Å². The van der Waals surface area contributed by atoms with Gasteiger partial charge in [-0.25, -0.2) is 13.1 Å². The van der Waals surface area contributed by atoms with Crippen molar-refractivity contribution < 1.29 is 22.9 Å². The molecule has 0 atom stereocenters. The molecule has 0 saturated heterocycles. The van der Waals surface area contributed by atoms with E-state index in [2.05, 4.69) is 4.72 Å². The predicted molar refractivity (Wildman–Crippen MR) is 84.2 cm³/mol. The van der Waals surface area contributed by atoms with Gasteiger partial charge in [0.2, 0.25) is 15.9 Å². The molecule has 0 spiro atoms. The molecule has 1 amide bonds. The highest BCUT2D eigenvalue weighted by Crippen LogP contribution is 2.15. The number of nitrogens with one attached hydrogen (secondary N) is 1. The average Bonchev–Trinajstić information content (AvgIpc) is 2.49. The van der Waals surface area contributed by atoms with Crippen LogP contribution in [0.1, 0.15) is 12.0 Å². The Morgan fingerprint density at radius 3 is 2.71 bits per heavy atom. The van der Waals surface area contributed by atoms with Crippen molar-refractivity contribution in [2.24, 2.45) is 0 Å². The number of hydrogen-bond donors (Lipinski definition) is 1. The minimum Gasteiger partial charge on any atom is -0.317 e. The van der Waals surface area contributed by atoms with Crippen LogP contribution in [0, 0.1) is 10.1 Å². The van der Waals surface area contributed by atoms with Gasteiger partial charge in [0, 0.05) is 31.4 Å². The maximum absolute atomic E-state index is 12.0. The van der Waals surface area contributed by atoms with Crippen molar-refractivity contribution in [1.82, 2.24) is 9.62 Å². The first-order chi connectivity index (χ1) is 11.3. The molecule has 1 aliphatic rings. The third kappa shape index (κ3) is 4.96. The third-order valence-electron chi connectivity index (χ3n) is 3.24. The summed E-state index contributed by atoms with van der Waals surface area (Å²) in [5.74, 6) is -1.08. The van der Waals surface area contributed by atoms with E-state index in [4.69, 9.17) is 0 Å². The topological polar surface area (TPSA) is 127 Å². The fourth-order valence-electron chi connectivity index (χ4n) is 2.12. The highest BCUT2D eigenvalue weighted by atomic mass is 32.2. The number of amides is 1. The molecule has 1 aromatic carbocycles. The molecule has 0 radical (unpaired) electrons. The average molecular weight is 353 g/mol. The monoisotopic (exact) mass is 353 g/mol. The number of nitro groups is 1. The number of ketones is 1. The second kappa shape index (κ2) is 7.32. The Hall–Kier alpha value is -2.59. The summed E-state index contributed by atoms with van der Waals surface area (Å²) in [6.45, 7) is 0.0678. The van der Waals surface area contributed by atoms with Gasteiger partial charge in [0.25, 0.3) is 5.69 Å². The second-order valence-corrected chi connectivity index (χ2v) is 6.93. The van der Waals surface area contributed by atoms with Crippen LogP contribution < -0.4 is 4.72 Å². The summed E-state index contributed by atoms with van der Waals surface area (Å²) in [5.41, 5.74) is 0.104. The summed E-state index contributed by atoms with van der Waals surface area (Å²) in [6, 6.07) is 5.37. The fourth-order valence-corrected chi connectivity index (χ4v) is 3.24. The van der Waals surface area contributed by atoms with E-state index in [1.54, 1.807) is 0 Å². The third-order valence-corrected chi connectivity index (χ3v) is 4.60. The minimum atomic E-state index is -3.71. The van der Waals surface area contributed by atoms with Gasteiger partial charge in [0.1, 0.15) is 0 Å². The van der Waals surface area contributed by atoms with E-state index < -0.39 is 20.7 Å². The van der Waals surface area contributed by atoms with Gasteiger partial charge in [-0.1, -0.05) is 12.1 Å². The largest absolute Gasteiger partial charge is 0.317 e. The Morgan fingerprint density at radius 1 is 1.29 bits per heavy atom. The molecule has 1 heterocycles. The second-order valence-electron chi connectivity index (χ2n) is 5.13. The number of carbonyl (C=O) groups excluding carboxylic acids is 2. The molecule has 0 unspecified atom stereocenters. The first-order valence-corrected chi connectivity index (χ1v) is 8.63. The van der Waals surface area contributed by atoms with E-state index in [1.165, 1.54) is 41.4 Å². The summed E-state index contributed by atoms with van der Waals surface area (Å²) < 4.78 is 26.3. The van der Waals surface area contributed by atoms with E-state index in [1.807, 2.05) is 0 Å². The van der Waals surface area contributed by atoms with Crippen LogP contribution in [0.5, 0.6) is 0 Å². The number of carbonyl (C=O) groups is 2. The van der Waals surface area contributed by atoms with Gasteiger partial charge in [-0.3, -0.25) is 19.7 Å². The first-order valence-electron chi connectivity index (χ1n) is 6.98. The maximum atomic E-state index is 12.0. The van der Waals surface area contributed by atoms with Gasteiger partial charge >= 0.3 is 0 Å². The number of non-ortho nitro benzene ring substituents is 1. The van der Waals surface area contributed by atoms with Crippen molar-refractivity contribution in [1.29, 1.82) is 0 Å². The molecule has 10 heteroatoms.